The fourth-order valence-corrected chi connectivity index (χ4v) is 4.17. The highest BCUT2D eigenvalue weighted by molar-refractivity contribution is 7.89. The molecule has 0 radical (unpaired) electrons. The second kappa shape index (κ2) is 6.04. The molecule has 1 aromatic carbocycles. The summed E-state index contributed by atoms with van der Waals surface area (Å²) >= 11 is 1.14. The summed E-state index contributed by atoms with van der Waals surface area (Å²) in [6.45, 7) is 1.22. The molecule has 0 saturated carbocycles. The third kappa shape index (κ3) is 3.20. The third-order valence-corrected chi connectivity index (χ3v) is 5.78. The number of anilines is 2. The van der Waals surface area contributed by atoms with E-state index in [2.05, 4.69) is 20.1 Å². The number of benzene rings is 1. The first-order valence-electron chi connectivity index (χ1n) is 6.68. The van der Waals surface area contributed by atoms with Crippen LogP contribution in [0.15, 0.2) is 29.2 Å². The van der Waals surface area contributed by atoms with Gasteiger partial charge in [-0.1, -0.05) is 16.0 Å². The molecule has 0 aliphatic carbocycles. The van der Waals surface area contributed by atoms with Crippen molar-refractivity contribution in [2.45, 2.75) is 24.2 Å². The summed E-state index contributed by atoms with van der Waals surface area (Å²) in [5.74, 6) is 0. The smallest absolute Gasteiger partial charge is 0.243 e. The Morgan fingerprint density at radius 2 is 1.81 bits per heavy atom. The van der Waals surface area contributed by atoms with Gasteiger partial charge in [-0.05, 0) is 42.3 Å². The second-order valence-electron chi connectivity index (χ2n) is 4.78. The lowest BCUT2D eigenvalue weighted by molar-refractivity contribution is 0.346. The first-order chi connectivity index (χ1) is 10.2. The summed E-state index contributed by atoms with van der Waals surface area (Å²) in [7, 11) is -3.37. The normalized spacial score (nSPS) is 16.8. The van der Waals surface area contributed by atoms with Gasteiger partial charge in [-0.25, -0.2) is 8.42 Å². The van der Waals surface area contributed by atoms with Crippen molar-refractivity contribution in [1.29, 1.82) is 0 Å². The maximum absolute atomic E-state index is 12.5. The number of sulfonamides is 1. The molecule has 1 fully saturated rings. The molecule has 1 aromatic heterocycles. The van der Waals surface area contributed by atoms with Crippen LogP contribution in [-0.4, -0.2) is 40.6 Å². The molecule has 1 saturated heterocycles. The van der Waals surface area contributed by atoms with Crippen LogP contribution in [0.2, 0.25) is 0 Å². The van der Waals surface area contributed by atoms with E-state index in [9.17, 15) is 8.42 Å². The van der Waals surface area contributed by atoms with Gasteiger partial charge in [0.15, 0.2) is 0 Å². The molecular formula is C12H15N5O2S2. The van der Waals surface area contributed by atoms with E-state index in [1.165, 1.54) is 0 Å². The molecule has 3 rings (SSSR count). The molecule has 0 atom stereocenters. The minimum Gasteiger partial charge on any atom is -0.329 e. The van der Waals surface area contributed by atoms with Crippen LogP contribution in [0.3, 0.4) is 0 Å². The number of aromatic nitrogens is 3. The largest absolute Gasteiger partial charge is 0.329 e. The molecule has 0 unspecified atom stereocenters. The average Bonchev–Trinajstić information content (AvgIpc) is 3.02. The van der Waals surface area contributed by atoms with E-state index < -0.39 is 10.0 Å². The van der Waals surface area contributed by atoms with Crippen molar-refractivity contribution < 1.29 is 8.42 Å². The standard InChI is InChI=1S/C12H15N5O2S2/c18-21(19,17-8-2-1-3-9-17)11-6-4-10(5-7-11)13-12-14-15-16-20-12/h4-7H,1-3,8-9H2,(H,13,14,16). The van der Waals surface area contributed by atoms with Crippen LogP contribution in [0, 0.1) is 0 Å². The highest BCUT2D eigenvalue weighted by atomic mass is 32.2. The number of hydrogen-bond acceptors (Lipinski definition) is 7. The summed E-state index contributed by atoms with van der Waals surface area (Å²) < 4.78 is 30.2. The molecule has 21 heavy (non-hydrogen) atoms. The maximum Gasteiger partial charge on any atom is 0.243 e. The zero-order valence-electron chi connectivity index (χ0n) is 11.3. The second-order valence-corrected chi connectivity index (χ2v) is 7.45. The zero-order chi connectivity index (χ0) is 14.7. The molecule has 0 amide bonds. The number of nitrogens with one attached hydrogen (secondary N) is 1. The SMILES string of the molecule is O=S(=O)(c1ccc(Nc2nnns2)cc1)N1CCCCC1. The highest BCUT2D eigenvalue weighted by Crippen LogP contribution is 2.23. The molecule has 9 heteroatoms. The Balaban J connectivity index is 1.76. The van der Waals surface area contributed by atoms with E-state index in [4.69, 9.17) is 0 Å². The van der Waals surface area contributed by atoms with Gasteiger partial charge in [0, 0.05) is 30.3 Å². The number of nitrogens with zero attached hydrogens (tertiary/aromatic N) is 4. The molecule has 1 aliphatic rings. The first kappa shape index (κ1) is 14.4. The van der Waals surface area contributed by atoms with Gasteiger partial charge in [-0.2, -0.15) is 4.31 Å². The van der Waals surface area contributed by atoms with E-state index in [-0.39, 0.29) is 0 Å². The highest BCUT2D eigenvalue weighted by Gasteiger charge is 2.25. The van der Waals surface area contributed by atoms with Crippen LogP contribution in [0.1, 0.15) is 19.3 Å². The molecule has 2 aromatic rings. The molecule has 112 valence electrons. The summed E-state index contributed by atoms with van der Waals surface area (Å²) in [5, 5.41) is 10.9. The van der Waals surface area contributed by atoms with Gasteiger partial charge in [0.1, 0.15) is 0 Å². The molecule has 1 aliphatic heterocycles. The molecule has 1 N–H and O–H groups in total. The van der Waals surface area contributed by atoms with E-state index in [0.29, 0.717) is 23.1 Å². The van der Waals surface area contributed by atoms with Gasteiger partial charge in [-0.3, -0.25) is 0 Å². The fraction of sp³-hybridized carbons (Fsp3) is 0.417. The minimum atomic E-state index is -3.37. The molecule has 7 nitrogen and oxygen atoms in total. The Kier molecular flexibility index (Phi) is 4.13. The van der Waals surface area contributed by atoms with Crippen molar-refractivity contribution in [2.24, 2.45) is 0 Å². The van der Waals surface area contributed by atoms with Gasteiger partial charge in [-0.15, -0.1) is 0 Å². The Morgan fingerprint density at radius 1 is 1.10 bits per heavy atom. The van der Waals surface area contributed by atoms with Crippen molar-refractivity contribution >= 4 is 32.4 Å². The summed E-state index contributed by atoms with van der Waals surface area (Å²) in [6, 6.07) is 6.66. The lowest BCUT2D eigenvalue weighted by Crippen LogP contribution is -2.35. The topological polar surface area (TPSA) is 88.1 Å². The average molecular weight is 325 g/mol. The molecule has 0 spiro atoms. The predicted octanol–water partition coefficient (Wildman–Crippen LogP) is 1.85. The Morgan fingerprint density at radius 3 is 2.43 bits per heavy atom. The molecular weight excluding hydrogens is 310 g/mol. The van der Waals surface area contributed by atoms with Gasteiger partial charge in [0.05, 0.1) is 4.90 Å². The van der Waals surface area contributed by atoms with Gasteiger partial charge >= 0.3 is 0 Å². The van der Waals surface area contributed by atoms with Crippen molar-refractivity contribution in [3.8, 4) is 0 Å². The van der Waals surface area contributed by atoms with E-state index in [1.54, 1.807) is 28.6 Å². The van der Waals surface area contributed by atoms with Gasteiger partial charge < -0.3 is 5.32 Å². The first-order valence-corrected chi connectivity index (χ1v) is 8.90. The molecule has 0 bridgehead atoms. The van der Waals surface area contributed by atoms with Gasteiger partial charge in [0.2, 0.25) is 15.2 Å². The van der Waals surface area contributed by atoms with Crippen LogP contribution in [0.5, 0.6) is 0 Å². The van der Waals surface area contributed by atoms with E-state index in [1.807, 2.05) is 0 Å². The van der Waals surface area contributed by atoms with E-state index in [0.717, 1.165) is 36.5 Å². The Bertz CT molecular complexity index is 679. The van der Waals surface area contributed by atoms with Gasteiger partial charge in [0.25, 0.3) is 0 Å². The van der Waals surface area contributed by atoms with Crippen LogP contribution < -0.4 is 5.32 Å². The van der Waals surface area contributed by atoms with Crippen molar-refractivity contribution in [2.75, 3.05) is 18.4 Å². The number of piperidine rings is 1. The van der Waals surface area contributed by atoms with Crippen molar-refractivity contribution in [1.82, 2.24) is 19.1 Å². The summed E-state index contributed by atoms with van der Waals surface area (Å²) in [4.78, 5) is 0.324. The van der Waals surface area contributed by atoms with Crippen LogP contribution >= 0.6 is 11.5 Å². The lowest BCUT2D eigenvalue weighted by Gasteiger charge is -2.25. The zero-order valence-corrected chi connectivity index (χ0v) is 12.9. The van der Waals surface area contributed by atoms with Crippen LogP contribution in [-0.2, 0) is 10.0 Å². The fourth-order valence-electron chi connectivity index (χ4n) is 2.27. The van der Waals surface area contributed by atoms with Crippen LogP contribution in [0.25, 0.3) is 0 Å². The number of rotatable bonds is 4. The summed E-state index contributed by atoms with van der Waals surface area (Å²) in [6.07, 6.45) is 2.97. The van der Waals surface area contributed by atoms with Crippen molar-refractivity contribution in [3.63, 3.8) is 0 Å². The Labute approximate surface area is 127 Å². The molecule has 2 heterocycles. The maximum atomic E-state index is 12.5. The summed E-state index contributed by atoms with van der Waals surface area (Å²) in [5.41, 5.74) is 0.756. The van der Waals surface area contributed by atoms with E-state index >= 15 is 0 Å². The van der Waals surface area contributed by atoms with Crippen molar-refractivity contribution in [3.05, 3.63) is 24.3 Å². The third-order valence-electron chi connectivity index (χ3n) is 3.36. The van der Waals surface area contributed by atoms with Crippen LogP contribution in [0.4, 0.5) is 10.8 Å². The monoisotopic (exact) mass is 325 g/mol. The quantitative estimate of drug-likeness (QED) is 0.923. The lowest BCUT2D eigenvalue weighted by atomic mass is 10.2. The predicted molar refractivity (Wildman–Crippen MR) is 80.0 cm³/mol. The Hall–Kier alpha value is -1.58. The minimum absolute atomic E-state index is 0.324. The number of hydrogen-bond donors (Lipinski definition) is 1.